The number of benzene rings is 1. The van der Waals surface area contributed by atoms with Crippen LogP contribution < -0.4 is 5.32 Å². The second-order valence-electron chi connectivity index (χ2n) is 4.39. The quantitative estimate of drug-likeness (QED) is 0.911. The first kappa shape index (κ1) is 13.8. The lowest BCUT2D eigenvalue weighted by Crippen LogP contribution is -2.26. The monoisotopic (exact) mass is 268 g/mol. The first-order chi connectivity index (χ1) is 8.99. The molecule has 1 N–H and O–H groups in total. The lowest BCUT2D eigenvalue weighted by atomic mass is 10.0. The third-order valence-corrected chi connectivity index (χ3v) is 2.92. The van der Waals surface area contributed by atoms with Gasteiger partial charge in [0.2, 0.25) is 0 Å². The molecule has 19 heavy (non-hydrogen) atoms. The van der Waals surface area contributed by atoms with Crippen molar-refractivity contribution in [1.82, 2.24) is 10.3 Å². The van der Waals surface area contributed by atoms with Crippen LogP contribution in [-0.4, -0.2) is 17.7 Å². The van der Waals surface area contributed by atoms with Crippen molar-refractivity contribution >= 4 is 10.9 Å². The summed E-state index contributed by atoms with van der Waals surface area (Å²) in [5.41, 5.74) is 1.42. The van der Waals surface area contributed by atoms with E-state index in [2.05, 4.69) is 10.3 Å². The van der Waals surface area contributed by atoms with E-state index in [1.165, 1.54) is 0 Å². The van der Waals surface area contributed by atoms with Crippen molar-refractivity contribution in [2.24, 2.45) is 0 Å². The SMILES string of the molecule is CCNC(CC(F)(F)F)c1ccc2ncccc2c1. The van der Waals surface area contributed by atoms with Crippen molar-refractivity contribution in [2.75, 3.05) is 6.54 Å². The van der Waals surface area contributed by atoms with Crippen molar-refractivity contribution in [1.29, 1.82) is 0 Å². The zero-order valence-electron chi connectivity index (χ0n) is 10.5. The summed E-state index contributed by atoms with van der Waals surface area (Å²) >= 11 is 0. The Morgan fingerprint density at radius 1 is 1.26 bits per heavy atom. The fourth-order valence-electron chi connectivity index (χ4n) is 2.10. The summed E-state index contributed by atoms with van der Waals surface area (Å²) in [6.45, 7) is 2.29. The van der Waals surface area contributed by atoms with Gasteiger partial charge in [-0.2, -0.15) is 13.2 Å². The molecule has 1 heterocycles. The van der Waals surface area contributed by atoms with E-state index in [4.69, 9.17) is 0 Å². The molecule has 1 aromatic heterocycles. The molecular formula is C14H15F3N2. The number of fused-ring (bicyclic) bond motifs is 1. The molecule has 1 aromatic carbocycles. The van der Waals surface area contributed by atoms with Crippen LogP contribution in [0.4, 0.5) is 13.2 Å². The van der Waals surface area contributed by atoms with Crippen LogP contribution in [0.2, 0.25) is 0 Å². The van der Waals surface area contributed by atoms with Crippen molar-refractivity contribution in [3.63, 3.8) is 0 Å². The zero-order chi connectivity index (χ0) is 13.9. The van der Waals surface area contributed by atoms with Crippen LogP contribution in [-0.2, 0) is 0 Å². The highest BCUT2D eigenvalue weighted by Gasteiger charge is 2.32. The van der Waals surface area contributed by atoms with E-state index in [-0.39, 0.29) is 0 Å². The summed E-state index contributed by atoms with van der Waals surface area (Å²) in [7, 11) is 0. The molecule has 1 atom stereocenters. The largest absolute Gasteiger partial charge is 0.390 e. The number of rotatable bonds is 4. The summed E-state index contributed by atoms with van der Waals surface area (Å²) in [5, 5.41) is 3.73. The van der Waals surface area contributed by atoms with Gasteiger partial charge in [0.25, 0.3) is 0 Å². The number of hydrogen-bond donors (Lipinski definition) is 1. The predicted octanol–water partition coefficient (Wildman–Crippen LogP) is 3.84. The van der Waals surface area contributed by atoms with E-state index in [9.17, 15) is 13.2 Å². The first-order valence-electron chi connectivity index (χ1n) is 6.14. The van der Waals surface area contributed by atoms with Gasteiger partial charge < -0.3 is 5.32 Å². The highest BCUT2D eigenvalue weighted by atomic mass is 19.4. The smallest absolute Gasteiger partial charge is 0.310 e. The Kier molecular flexibility index (Phi) is 4.04. The van der Waals surface area contributed by atoms with Crippen LogP contribution >= 0.6 is 0 Å². The molecule has 5 heteroatoms. The minimum absolute atomic E-state index is 0.492. The van der Waals surface area contributed by atoms with Gasteiger partial charge in [0.1, 0.15) is 0 Å². The van der Waals surface area contributed by atoms with E-state index < -0.39 is 18.6 Å². The number of nitrogens with one attached hydrogen (secondary N) is 1. The molecule has 2 nitrogen and oxygen atoms in total. The van der Waals surface area contributed by atoms with Crippen LogP contribution in [0, 0.1) is 0 Å². The van der Waals surface area contributed by atoms with Gasteiger partial charge in [-0.05, 0) is 30.3 Å². The van der Waals surface area contributed by atoms with E-state index in [0.29, 0.717) is 12.1 Å². The fraction of sp³-hybridized carbons (Fsp3) is 0.357. The average molecular weight is 268 g/mol. The number of hydrogen-bond acceptors (Lipinski definition) is 2. The fourth-order valence-corrected chi connectivity index (χ4v) is 2.10. The van der Waals surface area contributed by atoms with Gasteiger partial charge in [0.15, 0.2) is 0 Å². The topological polar surface area (TPSA) is 24.9 Å². The molecule has 0 fully saturated rings. The Bertz CT molecular complexity index is 552. The molecule has 2 rings (SSSR count). The van der Waals surface area contributed by atoms with Crippen molar-refractivity contribution in [3.05, 3.63) is 42.1 Å². The van der Waals surface area contributed by atoms with Crippen LogP contribution in [0.15, 0.2) is 36.5 Å². The molecule has 0 aliphatic rings. The Balaban J connectivity index is 2.33. The third-order valence-electron chi connectivity index (χ3n) is 2.92. The maximum atomic E-state index is 12.6. The second-order valence-corrected chi connectivity index (χ2v) is 4.39. The van der Waals surface area contributed by atoms with E-state index >= 15 is 0 Å². The predicted molar refractivity (Wildman–Crippen MR) is 68.8 cm³/mol. The first-order valence-corrected chi connectivity index (χ1v) is 6.14. The van der Waals surface area contributed by atoms with Crippen molar-refractivity contribution in [2.45, 2.75) is 25.6 Å². The van der Waals surface area contributed by atoms with Crippen molar-refractivity contribution < 1.29 is 13.2 Å². The number of nitrogens with zero attached hydrogens (tertiary/aromatic N) is 1. The summed E-state index contributed by atoms with van der Waals surface area (Å²) < 4.78 is 37.7. The van der Waals surface area contributed by atoms with Crippen molar-refractivity contribution in [3.8, 4) is 0 Å². The molecule has 0 saturated carbocycles. The third kappa shape index (κ3) is 3.67. The van der Waals surface area contributed by atoms with Gasteiger partial charge in [-0.15, -0.1) is 0 Å². The van der Waals surface area contributed by atoms with E-state index in [0.717, 1.165) is 10.9 Å². The summed E-state index contributed by atoms with van der Waals surface area (Å²) in [5.74, 6) is 0. The van der Waals surface area contributed by atoms with Gasteiger partial charge in [-0.25, -0.2) is 0 Å². The highest BCUT2D eigenvalue weighted by Crippen LogP contribution is 2.30. The number of aromatic nitrogens is 1. The summed E-state index contributed by atoms with van der Waals surface area (Å²) in [6, 6.07) is 8.14. The normalized spacial score (nSPS) is 13.7. The highest BCUT2D eigenvalue weighted by molar-refractivity contribution is 5.79. The molecule has 1 unspecified atom stereocenters. The average Bonchev–Trinajstić information content (AvgIpc) is 2.36. The molecule has 0 spiro atoms. The van der Waals surface area contributed by atoms with E-state index in [1.807, 2.05) is 6.07 Å². The Morgan fingerprint density at radius 3 is 2.74 bits per heavy atom. The maximum absolute atomic E-state index is 12.6. The van der Waals surface area contributed by atoms with Crippen LogP contribution in [0.1, 0.15) is 24.9 Å². The Morgan fingerprint density at radius 2 is 2.05 bits per heavy atom. The summed E-state index contributed by atoms with van der Waals surface area (Å²) in [6.07, 6.45) is -3.39. The summed E-state index contributed by atoms with van der Waals surface area (Å²) in [4.78, 5) is 4.16. The number of alkyl halides is 3. The van der Waals surface area contributed by atoms with Crippen LogP contribution in [0.25, 0.3) is 10.9 Å². The zero-order valence-corrected chi connectivity index (χ0v) is 10.5. The lowest BCUT2D eigenvalue weighted by Gasteiger charge is -2.20. The van der Waals surface area contributed by atoms with Crippen LogP contribution in [0.5, 0.6) is 0 Å². The van der Waals surface area contributed by atoms with Gasteiger partial charge >= 0.3 is 6.18 Å². The molecular weight excluding hydrogens is 253 g/mol. The molecule has 0 aliphatic carbocycles. The van der Waals surface area contributed by atoms with Gasteiger partial charge in [0, 0.05) is 17.6 Å². The Hall–Kier alpha value is -1.62. The maximum Gasteiger partial charge on any atom is 0.390 e. The van der Waals surface area contributed by atoms with Gasteiger partial charge in [0.05, 0.1) is 11.9 Å². The molecule has 0 aliphatic heterocycles. The van der Waals surface area contributed by atoms with E-state index in [1.54, 1.807) is 37.4 Å². The lowest BCUT2D eigenvalue weighted by molar-refractivity contribution is -0.140. The Labute approximate surface area is 109 Å². The molecule has 0 bridgehead atoms. The minimum Gasteiger partial charge on any atom is -0.310 e. The standard InChI is InChI=1S/C14H15F3N2/c1-2-18-13(9-14(15,16)17)11-5-6-12-10(8-11)4-3-7-19-12/h3-8,13,18H,2,9H2,1H3. The van der Waals surface area contributed by atoms with Gasteiger partial charge in [-0.1, -0.05) is 19.1 Å². The molecule has 0 amide bonds. The number of pyridine rings is 1. The number of halogens is 3. The second kappa shape index (κ2) is 5.57. The van der Waals surface area contributed by atoms with Crippen LogP contribution in [0.3, 0.4) is 0 Å². The van der Waals surface area contributed by atoms with Gasteiger partial charge in [-0.3, -0.25) is 4.98 Å². The molecule has 2 aromatic rings. The molecule has 0 radical (unpaired) electrons. The molecule has 102 valence electrons. The minimum atomic E-state index is -4.18. The molecule has 0 saturated heterocycles.